The first-order valence-electron chi connectivity index (χ1n) is 10.8. The van der Waals surface area contributed by atoms with Gasteiger partial charge in [-0.1, -0.05) is 6.92 Å². The molecule has 0 saturated carbocycles. The molecule has 30 heavy (non-hydrogen) atoms. The third-order valence-corrected chi connectivity index (χ3v) is 8.24. The van der Waals surface area contributed by atoms with Crippen molar-refractivity contribution in [3.05, 3.63) is 29.6 Å². The number of carbonyl (C=O) groups excluding carboxylic acids is 1. The Balaban J connectivity index is 1.45. The highest BCUT2D eigenvalue weighted by Gasteiger charge is 2.27. The maximum Gasteiger partial charge on any atom is 0.253 e. The van der Waals surface area contributed by atoms with Crippen molar-refractivity contribution < 1.29 is 13.2 Å². The number of likely N-dealkylation sites (tertiary alicyclic amines) is 1. The van der Waals surface area contributed by atoms with E-state index in [4.69, 9.17) is 4.98 Å². The number of hydrogen-bond acceptors (Lipinski definition) is 5. The molecular formula is C21H31N5O3S. The van der Waals surface area contributed by atoms with Crippen LogP contribution in [0.25, 0.3) is 11.0 Å². The summed E-state index contributed by atoms with van der Waals surface area (Å²) in [7, 11) is -1.13. The lowest BCUT2D eigenvalue weighted by Crippen LogP contribution is -2.49. The average Bonchev–Trinajstić information content (AvgIpc) is 3.37. The molecule has 2 aliphatic heterocycles. The predicted molar refractivity (Wildman–Crippen MR) is 117 cm³/mol. The molecule has 3 heterocycles. The minimum atomic E-state index is -3.13. The first kappa shape index (κ1) is 21.3. The Hall–Kier alpha value is -1.97. The van der Waals surface area contributed by atoms with Crippen LogP contribution in [0.4, 0.5) is 0 Å². The van der Waals surface area contributed by atoms with Gasteiger partial charge in [0.2, 0.25) is 10.0 Å². The number of hydrogen-bond donors (Lipinski definition) is 0. The molecule has 0 bridgehead atoms. The van der Waals surface area contributed by atoms with Gasteiger partial charge in [0.1, 0.15) is 5.82 Å². The van der Waals surface area contributed by atoms with E-state index in [-0.39, 0.29) is 11.7 Å². The van der Waals surface area contributed by atoms with Gasteiger partial charge in [0, 0.05) is 51.9 Å². The van der Waals surface area contributed by atoms with E-state index in [1.165, 1.54) is 0 Å². The average molecular weight is 434 g/mol. The van der Waals surface area contributed by atoms with Crippen LogP contribution in [0.5, 0.6) is 0 Å². The molecule has 0 unspecified atom stereocenters. The number of benzene rings is 1. The zero-order chi connectivity index (χ0) is 21.3. The molecule has 0 N–H and O–H groups in total. The van der Waals surface area contributed by atoms with Gasteiger partial charge in [-0.05, 0) is 37.5 Å². The standard InChI is InChI=1S/C21H31N5O3S/c1-3-14-30(28,29)26-12-10-24(11-13-26)16-20-22-18-15-17(6-7-19(18)23(20)2)21(27)25-8-4-5-9-25/h6-7,15H,3-5,8-14,16H2,1-2H3. The number of rotatable bonds is 6. The van der Waals surface area contributed by atoms with Gasteiger partial charge >= 0.3 is 0 Å². The Labute approximate surface area is 178 Å². The summed E-state index contributed by atoms with van der Waals surface area (Å²) in [5, 5.41) is 0. The van der Waals surface area contributed by atoms with Crippen molar-refractivity contribution in [1.82, 2.24) is 23.7 Å². The van der Waals surface area contributed by atoms with E-state index in [0.717, 1.165) is 42.8 Å². The molecule has 2 aliphatic rings. The summed E-state index contributed by atoms with van der Waals surface area (Å²) in [5.74, 6) is 1.24. The largest absolute Gasteiger partial charge is 0.339 e. The zero-order valence-corrected chi connectivity index (χ0v) is 18.7. The molecule has 8 nitrogen and oxygen atoms in total. The number of aromatic nitrogens is 2. The molecule has 164 valence electrons. The SMILES string of the molecule is CCCS(=O)(=O)N1CCN(Cc2nc3cc(C(=O)N4CCCC4)ccc3n2C)CC1. The number of amides is 1. The quantitative estimate of drug-likeness (QED) is 0.692. The van der Waals surface area contributed by atoms with E-state index in [2.05, 4.69) is 9.47 Å². The number of aryl methyl sites for hydroxylation is 1. The molecule has 9 heteroatoms. The smallest absolute Gasteiger partial charge is 0.253 e. The van der Waals surface area contributed by atoms with Crippen LogP contribution in [0.1, 0.15) is 42.4 Å². The molecule has 0 aliphatic carbocycles. The number of sulfonamides is 1. The highest BCUT2D eigenvalue weighted by molar-refractivity contribution is 7.89. The van der Waals surface area contributed by atoms with Gasteiger partial charge in [0.25, 0.3) is 5.91 Å². The van der Waals surface area contributed by atoms with Gasteiger partial charge in [-0.15, -0.1) is 0 Å². The van der Waals surface area contributed by atoms with Crippen LogP contribution in [-0.2, 0) is 23.6 Å². The fourth-order valence-electron chi connectivity index (χ4n) is 4.38. The normalized spacial score (nSPS) is 19.1. The Morgan fingerprint density at radius 1 is 1.07 bits per heavy atom. The number of piperazine rings is 1. The molecular weight excluding hydrogens is 402 g/mol. The Bertz CT molecular complexity index is 1020. The Morgan fingerprint density at radius 3 is 2.43 bits per heavy atom. The molecule has 4 rings (SSSR count). The van der Waals surface area contributed by atoms with Crippen molar-refractivity contribution in [3.63, 3.8) is 0 Å². The highest BCUT2D eigenvalue weighted by atomic mass is 32.2. The molecule has 2 saturated heterocycles. The van der Waals surface area contributed by atoms with Crippen LogP contribution in [0.3, 0.4) is 0 Å². The van der Waals surface area contributed by atoms with Crippen LogP contribution >= 0.6 is 0 Å². The maximum absolute atomic E-state index is 12.7. The van der Waals surface area contributed by atoms with E-state index < -0.39 is 10.0 Å². The van der Waals surface area contributed by atoms with E-state index in [1.807, 2.05) is 37.1 Å². The summed E-state index contributed by atoms with van der Waals surface area (Å²) in [5.41, 5.74) is 2.54. The van der Waals surface area contributed by atoms with Gasteiger partial charge in [-0.2, -0.15) is 4.31 Å². The van der Waals surface area contributed by atoms with Crippen LogP contribution in [-0.4, -0.2) is 83.0 Å². The van der Waals surface area contributed by atoms with Gasteiger partial charge in [0.15, 0.2) is 0 Å². The third-order valence-electron chi connectivity index (χ3n) is 6.17. The van der Waals surface area contributed by atoms with Crippen molar-refractivity contribution >= 4 is 27.0 Å². The van der Waals surface area contributed by atoms with E-state index in [1.54, 1.807) is 4.31 Å². The Kier molecular flexibility index (Phi) is 6.13. The third kappa shape index (κ3) is 4.24. The van der Waals surface area contributed by atoms with Crippen molar-refractivity contribution in [2.75, 3.05) is 45.0 Å². The zero-order valence-electron chi connectivity index (χ0n) is 17.9. The number of fused-ring (bicyclic) bond motifs is 1. The second kappa shape index (κ2) is 8.64. The van der Waals surface area contributed by atoms with Gasteiger partial charge in [0.05, 0.1) is 23.3 Å². The van der Waals surface area contributed by atoms with E-state index >= 15 is 0 Å². The lowest BCUT2D eigenvalue weighted by Gasteiger charge is -2.33. The van der Waals surface area contributed by atoms with Crippen LogP contribution in [0.15, 0.2) is 18.2 Å². The van der Waals surface area contributed by atoms with Crippen molar-refractivity contribution in [2.45, 2.75) is 32.7 Å². The summed E-state index contributed by atoms with van der Waals surface area (Å²) in [6.45, 7) is 6.69. The number of imidazole rings is 1. The van der Waals surface area contributed by atoms with Crippen LogP contribution in [0.2, 0.25) is 0 Å². The molecule has 2 fully saturated rings. The molecule has 1 aromatic heterocycles. The van der Waals surface area contributed by atoms with Crippen molar-refractivity contribution in [3.8, 4) is 0 Å². The minimum absolute atomic E-state index is 0.0889. The lowest BCUT2D eigenvalue weighted by molar-refractivity contribution is 0.0793. The number of nitrogens with zero attached hydrogens (tertiary/aromatic N) is 5. The topological polar surface area (TPSA) is 78.8 Å². The maximum atomic E-state index is 12.7. The molecule has 2 aromatic rings. The second-order valence-electron chi connectivity index (χ2n) is 8.28. The number of carbonyl (C=O) groups is 1. The first-order chi connectivity index (χ1) is 14.4. The predicted octanol–water partition coefficient (Wildman–Crippen LogP) is 1.67. The summed E-state index contributed by atoms with van der Waals surface area (Å²) < 4.78 is 28.2. The summed E-state index contributed by atoms with van der Waals surface area (Å²) >= 11 is 0. The van der Waals surface area contributed by atoms with Gasteiger partial charge in [-0.3, -0.25) is 9.69 Å². The summed E-state index contributed by atoms with van der Waals surface area (Å²) in [6.07, 6.45) is 2.80. The highest BCUT2D eigenvalue weighted by Crippen LogP contribution is 2.21. The lowest BCUT2D eigenvalue weighted by atomic mass is 10.2. The fraction of sp³-hybridized carbons (Fsp3) is 0.619. The molecule has 0 radical (unpaired) electrons. The molecule has 1 amide bonds. The van der Waals surface area contributed by atoms with Gasteiger partial charge < -0.3 is 9.47 Å². The van der Waals surface area contributed by atoms with Crippen molar-refractivity contribution in [2.24, 2.45) is 7.05 Å². The summed E-state index contributed by atoms with van der Waals surface area (Å²) in [4.78, 5) is 21.6. The van der Waals surface area contributed by atoms with Crippen LogP contribution < -0.4 is 0 Å². The minimum Gasteiger partial charge on any atom is -0.339 e. The monoisotopic (exact) mass is 433 g/mol. The second-order valence-corrected chi connectivity index (χ2v) is 10.4. The van der Waals surface area contributed by atoms with E-state index in [9.17, 15) is 13.2 Å². The molecule has 0 atom stereocenters. The van der Waals surface area contributed by atoms with Gasteiger partial charge in [-0.25, -0.2) is 13.4 Å². The first-order valence-corrected chi connectivity index (χ1v) is 12.4. The van der Waals surface area contributed by atoms with Crippen molar-refractivity contribution in [1.29, 1.82) is 0 Å². The molecule has 1 aromatic carbocycles. The van der Waals surface area contributed by atoms with Crippen LogP contribution in [0, 0.1) is 0 Å². The van der Waals surface area contributed by atoms with E-state index in [0.29, 0.717) is 44.7 Å². The summed E-state index contributed by atoms with van der Waals surface area (Å²) in [6, 6.07) is 5.77. The fourth-order valence-corrected chi connectivity index (χ4v) is 5.87. The molecule has 0 spiro atoms. The Morgan fingerprint density at radius 2 is 1.77 bits per heavy atom.